The molecule has 7 heteroatoms. The first-order valence-corrected chi connectivity index (χ1v) is 5.55. The Balaban J connectivity index is 2.56. The van der Waals surface area contributed by atoms with Crippen molar-refractivity contribution in [3.63, 3.8) is 0 Å². The van der Waals surface area contributed by atoms with Crippen molar-refractivity contribution in [2.24, 2.45) is 0 Å². The number of halogens is 3. The Hall–Kier alpha value is -1.23. The van der Waals surface area contributed by atoms with Crippen LogP contribution in [0.3, 0.4) is 0 Å². The van der Waals surface area contributed by atoms with E-state index in [9.17, 15) is 4.79 Å². The maximum atomic E-state index is 10.7. The Labute approximate surface area is 111 Å². The van der Waals surface area contributed by atoms with Gasteiger partial charge in [0.05, 0.1) is 21.8 Å². The molecule has 0 unspecified atom stereocenters. The second-order valence-corrected chi connectivity index (χ2v) is 4.45. The smallest absolute Gasteiger partial charge is 0.338 e. The van der Waals surface area contributed by atoms with E-state index in [0.717, 1.165) is 0 Å². The Kier molecular flexibility index (Phi) is 3.28. The lowest BCUT2D eigenvalue weighted by molar-refractivity contribution is 0.0697. The highest BCUT2D eigenvalue weighted by Crippen LogP contribution is 2.31. The summed E-state index contributed by atoms with van der Waals surface area (Å²) >= 11 is 17.7. The topological polar surface area (TPSA) is 55.1 Å². The van der Waals surface area contributed by atoms with Gasteiger partial charge in [-0.3, -0.25) is 0 Å². The second kappa shape index (κ2) is 4.56. The first kappa shape index (κ1) is 12.2. The summed E-state index contributed by atoms with van der Waals surface area (Å²) < 4.78 is 1.30. The van der Waals surface area contributed by atoms with Crippen LogP contribution >= 0.6 is 34.8 Å². The van der Waals surface area contributed by atoms with E-state index < -0.39 is 5.97 Å². The summed E-state index contributed by atoms with van der Waals surface area (Å²) in [5, 5.41) is 13.7. The van der Waals surface area contributed by atoms with Crippen LogP contribution in [0.1, 0.15) is 10.4 Å². The van der Waals surface area contributed by atoms with Crippen molar-refractivity contribution < 1.29 is 9.90 Å². The number of hydrogen-bond donors (Lipinski definition) is 1. The third-order valence-electron chi connectivity index (χ3n) is 2.04. The van der Waals surface area contributed by atoms with Crippen molar-refractivity contribution >= 4 is 40.8 Å². The molecule has 17 heavy (non-hydrogen) atoms. The molecular weight excluding hydrogens is 286 g/mol. The highest BCUT2D eigenvalue weighted by atomic mass is 35.5. The third kappa shape index (κ3) is 2.39. The normalized spacial score (nSPS) is 10.5. The van der Waals surface area contributed by atoms with Crippen LogP contribution in [0.2, 0.25) is 15.1 Å². The van der Waals surface area contributed by atoms with E-state index in [4.69, 9.17) is 39.9 Å². The minimum atomic E-state index is -1.07. The van der Waals surface area contributed by atoms with E-state index in [1.165, 1.54) is 29.2 Å². The molecule has 1 N–H and O–H groups in total. The number of nitrogens with zero attached hydrogens (tertiary/aromatic N) is 2. The van der Waals surface area contributed by atoms with E-state index in [0.29, 0.717) is 20.8 Å². The molecule has 0 aliphatic rings. The quantitative estimate of drug-likeness (QED) is 0.921. The summed E-state index contributed by atoms with van der Waals surface area (Å²) in [6.07, 6.45) is 2.53. The molecule has 1 heterocycles. The third-order valence-corrected chi connectivity index (χ3v) is 2.83. The molecule has 2 aromatic rings. The highest BCUT2D eigenvalue weighted by molar-refractivity contribution is 6.40. The number of hydrogen-bond acceptors (Lipinski definition) is 2. The molecule has 0 aliphatic carbocycles. The summed E-state index contributed by atoms with van der Waals surface area (Å²) in [5.41, 5.74) is 0.442. The van der Waals surface area contributed by atoms with Gasteiger partial charge in [-0.25, -0.2) is 9.48 Å². The highest BCUT2D eigenvalue weighted by Gasteiger charge is 2.13. The average Bonchev–Trinajstić information content (AvgIpc) is 2.65. The van der Waals surface area contributed by atoms with Crippen molar-refractivity contribution in [1.82, 2.24) is 9.78 Å². The molecule has 0 saturated carbocycles. The Bertz CT molecular complexity index is 572. The lowest BCUT2D eigenvalue weighted by Gasteiger charge is -2.07. The van der Waals surface area contributed by atoms with Crippen LogP contribution in [-0.2, 0) is 0 Å². The Morgan fingerprint density at radius 2 is 1.82 bits per heavy atom. The van der Waals surface area contributed by atoms with Gasteiger partial charge in [0.2, 0.25) is 0 Å². The second-order valence-electron chi connectivity index (χ2n) is 3.20. The van der Waals surface area contributed by atoms with Gasteiger partial charge in [-0.1, -0.05) is 34.8 Å². The minimum absolute atomic E-state index is 0.0482. The lowest BCUT2D eigenvalue weighted by atomic mass is 10.3. The molecule has 2 rings (SSSR count). The molecule has 0 spiro atoms. The van der Waals surface area contributed by atoms with E-state index >= 15 is 0 Å². The number of aromatic carboxylic acids is 1. The zero-order valence-electron chi connectivity index (χ0n) is 8.19. The number of benzene rings is 1. The first-order chi connectivity index (χ1) is 7.99. The predicted molar refractivity (Wildman–Crippen MR) is 65.6 cm³/mol. The molecule has 1 aromatic heterocycles. The van der Waals surface area contributed by atoms with E-state index in [1.807, 2.05) is 0 Å². The fourth-order valence-electron chi connectivity index (χ4n) is 1.31. The van der Waals surface area contributed by atoms with E-state index in [2.05, 4.69) is 5.10 Å². The number of aromatic nitrogens is 2. The van der Waals surface area contributed by atoms with Crippen molar-refractivity contribution in [2.75, 3.05) is 0 Å². The standard InChI is InChI=1S/C10H5Cl3N2O2/c11-6-1-7(12)9(8(13)2-6)15-4-5(3-14-15)10(16)17/h1-4H,(H,16,17). The van der Waals surface area contributed by atoms with Crippen molar-refractivity contribution in [2.45, 2.75) is 0 Å². The SMILES string of the molecule is O=C(O)c1cnn(-c2c(Cl)cc(Cl)cc2Cl)c1. The van der Waals surface area contributed by atoms with Gasteiger partial charge < -0.3 is 5.11 Å². The van der Waals surface area contributed by atoms with Gasteiger partial charge in [-0.15, -0.1) is 0 Å². The van der Waals surface area contributed by atoms with Crippen molar-refractivity contribution in [1.29, 1.82) is 0 Å². The fourth-order valence-corrected chi connectivity index (χ4v) is 2.30. The monoisotopic (exact) mass is 290 g/mol. The van der Waals surface area contributed by atoms with Crippen LogP contribution in [0.5, 0.6) is 0 Å². The Morgan fingerprint density at radius 1 is 1.24 bits per heavy atom. The number of rotatable bonds is 2. The Morgan fingerprint density at radius 3 is 2.29 bits per heavy atom. The van der Waals surface area contributed by atoms with Crippen LogP contribution in [-0.4, -0.2) is 20.9 Å². The molecule has 0 atom stereocenters. The van der Waals surface area contributed by atoms with E-state index in [-0.39, 0.29) is 5.56 Å². The zero-order valence-corrected chi connectivity index (χ0v) is 10.5. The van der Waals surface area contributed by atoms with Gasteiger partial charge >= 0.3 is 5.97 Å². The van der Waals surface area contributed by atoms with Crippen molar-refractivity contribution in [3.8, 4) is 5.69 Å². The molecule has 0 amide bonds. The largest absolute Gasteiger partial charge is 0.478 e. The summed E-state index contributed by atoms with van der Waals surface area (Å²) in [6.45, 7) is 0. The molecule has 4 nitrogen and oxygen atoms in total. The van der Waals surface area contributed by atoms with Gasteiger partial charge in [-0.05, 0) is 12.1 Å². The molecule has 0 saturated heterocycles. The van der Waals surface area contributed by atoms with Gasteiger partial charge in [0, 0.05) is 11.2 Å². The zero-order chi connectivity index (χ0) is 12.6. The van der Waals surface area contributed by atoms with Gasteiger partial charge in [-0.2, -0.15) is 5.10 Å². The molecule has 0 fully saturated rings. The summed E-state index contributed by atoms with van der Waals surface area (Å²) in [4.78, 5) is 10.7. The summed E-state index contributed by atoms with van der Waals surface area (Å²) in [5.74, 6) is -1.07. The molecule has 0 radical (unpaired) electrons. The predicted octanol–water partition coefficient (Wildman–Crippen LogP) is 3.53. The molecule has 88 valence electrons. The average molecular weight is 292 g/mol. The van der Waals surface area contributed by atoms with Gasteiger partial charge in [0.25, 0.3) is 0 Å². The number of carbonyl (C=O) groups is 1. The van der Waals surface area contributed by atoms with Crippen LogP contribution < -0.4 is 0 Å². The van der Waals surface area contributed by atoms with Crippen LogP contribution in [0.15, 0.2) is 24.5 Å². The number of carboxylic acids is 1. The first-order valence-electron chi connectivity index (χ1n) is 4.42. The van der Waals surface area contributed by atoms with Crippen LogP contribution in [0.25, 0.3) is 5.69 Å². The van der Waals surface area contributed by atoms with Crippen molar-refractivity contribution in [3.05, 3.63) is 45.2 Å². The van der Waals surface area contributed by atoms with Gasteiger partial charge in [0.1, 0.15) is 5.69 Å². The maximum absolute atomic E-state index is 10.7. The minimum Gasteiger partial charge on any atom is -0.478 e. The summed E-state index contributed by atoms with van der Waals surface area (Å²) in [7, 11) is 0. The lowest BCUT2D eigenvalue weighted by Crippen LogP contribution is -1.97. The molecule has 1 aromatic carbocycles. The number of carboxylic acid groups (broad SMARTS) is 1. The summed E-state index contributed by atoms with van der Waals surface area (Å²) in [6, 6.07) is 3.01. The van der Waals surface area contributed by atoms with Crippen LogP contribution in [0, 0.1) is 0 Å². The van der Waals surface area contributed by atoms with E-state index in [1.54, 1.807) is 0 Å². The van der Waals surface area contributed by atoms with Gasteiger partial charge in [0.15, 0.2) is 0 Å². The molecular formula is C10H5Cl3N2O2. The molecule has 0 aliphatic heterocycles. The molecule has 0 bridgehead atoms. The fraction of sp³-hybridized carbons (Fsp3) is 0. The van der Waals surface area contributed by atoms with Crippen LogP contribution in [0.4, 0.5) is 0 Å². The maximum Gasteiger partial charge on any atom is 0.338 e.